The Bertz CT molecular complexity index is 523. The van der Waals surface area contributed by atoms with E-state index in [4.69, 9.17) is 11.6 Å². The Hall–Kier alpha value is -1.42. The Kier molecular flexibility index (Phi) is 3.43. The highest BCUT2D eigenvalue weighted by Gasteiger charge is 2.20. The number of alkyl halides is 3. The highest BCUT2D eigenvalue weighted by Crippen LogP contribution is 2.27. The van der Waals surface area contributed by atoms with Crippen molar-refractivity contribution in [1.29, 1.82) is 0 Å². The number of aryl methyl sites for hydroxylation is 1. The third-order valence-electron chi connectivity index (χ3n) is 2.58. The van der Waals surface area contributed by atoms with Crippen LogP contribution < -0.4 is 0 Å². The fourth-order valence-corrected chi connectivity index (χ4v) is 1.93. The summed E-state index contributed by atoms with van der Waals surface area (Å²) in [5.41, 5.74) is 1.78. The quantitative estimate of drug-likeness (QED) is 0.763. The van der Waals surface area contributed by atoms with Gasteiger partial charge in [-0.1, -0.05) is 18.2 Å². The lowest BCUT2D eigenvalue weighted by Crippen LogP contribution is -2.05. The minimum absolute atomic E-state index is 0.0333. The van der Waals surface area contributed by atoms with Gasteiger partial charge in [0.05, 0.1) is 17.8 Å². The average Bonchev–Trinajstić information content (AvgIpc) is 2.73. The Morgan fingerprint density at radius 1 is 1.35 bits per heavy atom. The molecule has 2 rings (SSSR count). The molecule has 2 nitrogen and oxygen atoms in total. The van der Waals surface area contributed by atoms with E-state index in [0.29, 0.717) is 11.3 Å². The Labute approximate surface area is 103 Å². The molecule has 0 aliphatic heterocycles. The van der Waals surface area contributed by atoms with E-state index in [9.17, 15) is 8.78 Å². The second-order valence-electron chi connectivity index (χ2n) is 3.69. The van der Waals surface area contributed by atoms with Gasteiger partial charge in [-0.25, -0.2) is 13.5 Å². The normalized spacial score (nSPS) is 11.1. The van der Waals surface area contributed by atoms with Gasteiger partial charge >= 0.3 is 0 Å². The molecule has 0 aliphatic rings. The van der Waals surface area contributed by atoms with Crippen molar-refractivity contribution in [2.75, 3.05) is 0 Å². The van der Waals surface area contributed by atoms with Crippen LogP contribution >= 0.6 is 11.6 Å². The lowest BCUT2D eigenvalue weighted by molar-refractivity contribution is 0.142. The summed E-state index contributed by atoms with van der Waals surface area (Å²) in [5.74, 6) is 0.0333. The first-order chi connectivity index (χ1) is 8.15. The zero-order chi connectivity index (χ0) is 12.4. The van der Waals surface area contributed by atoms with Crippen LogP contribution in [-0.4, -0.2) is 9.78 Å². The fraction of sp³-hybridized carbons (Fsp3) is 0.250. The summed E-state index contributed by atoms with van der Waals surface area (Å²) in [4.78, 5) is 0. The summed E-state index contributed by atoms with van der Waals surface area (Å²) in [7, 11) is 0. The van der Waals surface area contributed by atoms with Crippen molar-refractivity contribution in [3.63, 3.8) is 0 Å². The van der Waals surface area contributed by atoms with E-state index in [-0.39, 0.29) is 11.6 Å². The Balaban J connectivity index is 2.60. The van der Waals surface area contributed by atoms with E-state index in [1.165, 1.54) is 10.9 Å². The molecule has 1 heterocycles. The van der Waals surface area contributed by atoms with Crippen LogP contribution in [0.15, 0.2) is 30.5 Å². The van der Waals surface area contributed by atoms with Crippen molar-refractivity contribution in [1.82, 2.24) is 9.78 Å². The van der Waals surface area contributed by atoms with Gasteiger partial charge in [-0.2, -0.15) is 5.10 Å². The molecule has 0 amide bonds. The predicted molar refractivity (Wildman–Crippen MR) is 62.8 cm³/mol. The molecule has 17 heavy (non-hydrogen) atoms. The number of nitrogens with zero attached hydrogens (tertiary/aromatic N) is 2. The van der Waals surface area contributed by atoms with E-state index >= 15 is 0 Å². The molecule has 1 aromatic heterocycles. The van der Waals surface area contributed by atoms with Crippen LogP contribution in [0.3, 0.4) is 0 Å². The number of para-hydroxylation sites is 1. The third kappa shape index (κ3) is 2.17. The molecule has 0 spiro atoms. The van der Waals surface area contributed by atoms with Crippen molar-refractivity contribution in [2.24, 2.45) is 0 Å². The summed E-state index contributed by atoms with van der Waals surface area (Å²) in [6, 6.07) is 7.26. The molecule has 2 aromatic rings. The zero-order valence-electron chi connectivity index (χ0n) is 9.20. The average molecular weight is 257 g/mol. The second-order valence-corrected chi connectivity index (χ2v) is 3.95. The molecule has 0 aliphatic carbocycles. The standard InChI is InChI=1S/C12H11ClF2N2/c1-8-4-2-3-5-10(8)17-11(12(14)15)9(6-13)7-16-17/h2-5,7,12H,6H2,1H3. The van der Waals surface area contributed by atoms with E-state index < -0.39 is 6.43 Å². The van der Waals surface area contributed by atoms with E-state index in [0.717, 1.165) is 5.56 Å². The number of benzene rings is 1. The number of rotatable bonds is 3. The van der Waals surface area contributed by atoms with Crippen LogP contribution in [0.4, 0.5) is 8.78 Å². The van der Waals surface area contributed by atoms with Gasteiger partial charge in [0.2, 0.25) is 0 Å². The van der Waals surface area contributed by atoms with Gasteiger partial charge in [-0.05, 0) is 18.6 Å². The maximum atomic E-state index is 13.0. The SMILES string of the molecule is Cc1ccccc1-n1ncc(CCl)c1C(F)F. The highest BCUT2D eigenvalue weighted by molar-refractivity contribution is 6.17. The molecular formula is C12H11ClF2N2. The topological polar surface area (TPSA) is 17.8 Å². The van der Waals surface area contributed by atoms with Crippen molar-refractivity contribution in [2.45, 2.75) is 19.2 Å². The summed E-state index contributed by atoms with van der Waals surface area (Å²) >= 11 is 5.63. The van der Waals surface area contributed by atoms with Crippen molar-refractivity contribution >= 4 is 11.6 Å². The van der Waals surface area contributed by atoms with E-state index in [1.807, 2.05) is 19.1 Å². The second kappa shape index (κ2) is 4.84. The molecule has 5 heteroatoms. The van der Waals surface area contributed by atoms with Crippen LogP contribution in [0.2, 0.25) is 0 Å². The minimum Gasteiger partial charge on any atom is -0.231 e. The lowest BCUT2D eigenvalue weighted by atomic mass is 10.2. The van der Waals surface area contributed by atoms with Gasteiger partial charge in [0.25, 0.3) is 6.43 Å². The molecule has 0 unspecified atom stereocenters. The van der Waals surface area contributed by atoms with Crippen LogP contribution in [0.1, 0.15) is 23.2 Å². The number of halogens is 3. The summed E-state index contributed by atoms with van der Waals surface area (Å²) < 4.78 is 27.3. The van der Waals surface area contributed by atoms with Gasteiger partial charge in [0.15, 0.2) is 0 Å². The first-order valence-corrected chi connectivity index (χ1v) is 5.65. The number of hydrogen-bond donors (Lipinski definition) is 0. The van der Waals surface area contributed by atoms with Crippen LogP contribution in [0.25, 0.3) is 5.69 Å². The maximum absolute atomic E-state index is 13.0. The van der Waals surface area contributed by atoms with Crippen molar-refractivity contribution < 1.29 is 8.78 Å². The smallest absolute Gasteiger partial charge is 0.231 e. The molecular weight excluding hydrogens is 246 g/mol. The van der Waals surface area contributed by atoms with Gasteiger partial charge in [0.1, 0.15) is 5.69 Å². The monoisotopic (exact) mass is 256 g/mol. The predicted octanol–water partition coefficient (Wildman–Crippen LogP) is 3.86. The molecule has 0 atom stereocenters. The molecule has 0 saturated heterocycles. The maximum Gasteiger partial charge on any atom is 0.280 e. The van der Waals surface area contributed by atoms with E-state index in [1.54, 1.807) is 12.1 Å². The minimum atomic E-state index is -2.59. The van der Waals surface area contributed by atoms with Crippen LogP contribution in [-0.2, 0) is 5.88 Å². The molecule has 0 fully saturated rings. The Morgan fingerprint density at radius 2 is 2.06 bits per heavy atom. The first kappa shape index (κ1) is 12.0. The molecule has 1 aromatic carbocycles. The van der Waals surface area contributed by atoms with Crippen molar-refractivity contribution in [3.05, 3.63) is 47.3 Å². The molecule has 0 radical (unpaired) electrons. The van der Waals surface area contributed by atoms with Gasteiger partial charge < -0.3 is 0 Å². The number of aromatic nitrogens is 2. The first-order valence-electron chi connectivity index (χ1n) is 5.12. The number of hydrogen-bond acceptors (Lipinski definition) is 1. The van der Waals surface area contributed by atoms with Crippen LogP contribution in [0.5, 0.6) is 0 Å². The molecule has 90 valence electrons. The summed E-state index contributed by atoms with van der Waals surface area (Å²) in [6.45, 7) is 1.85. The van der Waals surface area contributed by atoms with Gasteiger partial charge in [-0.3, -0.25) is 0 Å². The third-order valence-corrected chi connectivity index (χ3v) is 2.87. The van der Waals surface area contributed by atoms with Gasteiger partial charge in [-0.15, -0.1) is 11.6 Å². The molecule has 0 saturated carbocycles. The van der Waals surface area contributed by atoms with Gasteiger partial charge in [0, 0.05) is 5.56 Å². The van der Waals surface area contributed by atoms with E-state index in [2.05, 4.69) is 5.10 Å². The molecule has 0 N–H and O–H groups in total. The van der Waals surface area contributed by atoms with Crippen LogP contribution in [0, 0.1) is 6.92 Å². The zero-order valence-corrected chi connectivity index (χ0v) is 9.96. The Morgan fingerprint density at radius 3 is 2.65 bits per heavy atom. The highest BCUT2D eigenvalue weighted by atomic mass is 35.5. The summed E-state index contributed by atoms with van der Waals surface area (Å²) in [6.07, 6.45) is -1.20. The molecule has 0 bridgehead atoms. The fourth-order valence-electron chi connectivity index (χ4n) is 1.72. The summed E-state index contributed by atoms with van der Waals surface area (Å²) in [5, 5.41) is 3.99. The van der Waals surface area contributed by atoms with Crippen molar-refractivity contribution in [3.8, 4) is 5.69 Å². The largest absolute Gasteiger partial charge is 0.280 e. The lowest BCUT2D eigenvalue weighted by Gasteiger charge is -2.10.